The third-order valence-electron chi connectivity index (χ3n) is 2.18. The van der Waals surface area contributed by atoms with Gasteiger partial charge in [-0.25, -0.2) is 9.59 Å². The molecule has 0 aliphatic rings. The minimum atomic E-state index is -2.27. The molecule has 0 heterocycles. The molecule has 8 heteroatoms. The van der Waals surface area contributed by atoms with Crippen LogP contribution in [0.4, 0.5) is 5.69 Å². The Morgan fingerprint density at radius 1 is 1.00 bits per heavy atom. The molecule has 0 aliphatic heterocycles. The second kappa shape index (κ2) is 9.45. The maximum atomic E-state index is 10.9. The normalized spacial score (nSPS) is 12.3. The molecule has 0 saturated carbocycles. The number of aliphatic carboxylic acids is 2. The number of hydrogen-bond acceptors (Lipinski definition) is 5. The molecule has 5 N–H and O–H groups in total. The van der Waals surface area contributed by atoms with Crippen LogP contribution in [0.15, 0.2) is 30.3 Å². The van der Waals surface area contributed by atoms with Gasteiger partial charge in [-0.3, -0.25) is 4.79 Å². The summed E-state index contributed by atoms with van der Waals surface area (Å²) in [7, 11) is 0. The second-order valence-electron chi connectivity index (χ2n) is 3.83. The van der Waals surface area contributed by atoms with E-state index in [-0.39, 0.29) is 5.91 Å². The Labute approximate surface area is 120 Å². The van der Waals surface area contributed by atoms with Crippen LogP contribution in [0.5, 0.6) is 0 Å². The minimum absolute atomic E-state index is 0.0520. The average Bonchev–Trinajstić information content (AvgIpc) is 2.47. The maximum absolute atomic E-state index is 10.9. The lowest BCUT2D eigenvalue weighted by Crippen LogP contribution is -2.39. The predicted molar refractivity (Wildman–Crippen MR) is 72.6 cm³/mol. The summed E-state index contributed by atoms with van der Waals surface area (Å²) in [5, 5.41) is 35.3. The molecule has 1 aromatic rings. The van der Waals surface area contributed by atoms with Crippen LogP contribution in [0.3, 0.4) is 0 Å². The number of amides is 1. The minimum Gasteiger partial charge on any atom is -0.479 e. The Bertz CT molecular complexity index is 457. The van der Waals surface area contributed by atoms with Crippen molar-refractivity contribution < 1.29 is 34.8 Å². The highest BCUT2D eigenvalue weighted by Crippen LogP contribution is 2.04. The molecule has 2 atom stereocenters. The quantitative estimate of drug-likeness (QED) is 0.511. The Balaban J connectivity index is 0.000000384. The molecular formula is C13H17NO7. The van der Waals surface area contributed by atoms with Gasteiger partial charge in [-0.1, -0.05) is 25.1 Å². The SMILES string of the molecule is CCC(=O)Nc1ccccc1.O=C(O)C(O)C(O)C(=O)O. The lowest BCUT2D eigenvalue weighted by molar-refractivity contribution is -0.165. The van der Waals surface area contributed by atoms with Crippen molar-refractivity contribution in [2.45, 2.75) is 25.6 Å². The molecule has 0 bridgehead atoms. The summed E-state index contributed by atoms with van der Waals surface area (Å²) in [6.45, 7) is 1.83. The first kappa shape index (κ1) is 18.6. The molecule has 1 rings (SSSR count). The predicted octanol–water partition coefficient (Wildman–Crippen LogP) is -0.0875. The number of anilines is 1. The summed E-state index contributed by atoms with van der Waals surface area (Å²) in [6.07, 6.45) is -4.01. The number of carboxylic acid groups (broad SMARTS) is 2. The highest BCUT2D eigenvalue weighted by atomic mass is 16.4. The fourth-order valence-electron chi connectivity index (χ4n) is 1.04. The van der Waals surface area contributed by atoms with E-state index in [0.29, 0.717) is 6.42 Å². The smallest absolute Gasteiger partial charge is 0.335 e. The second-order valence-corrected chi connectivity index (χ2v) is 3.83. The van der Waals surface area contributed by atoms with Crippen LogP contribution in [0.1, 0.15) is 13.3 Å². The molecule has 2 unspecified atom stereocenters. The van der Waals surface area contributed by atoms with Crippen LogP contribution < -0.4 is 5.32 Å². The van der Waals surface area contributed by atoms with E-state index in [1.165, 1.54) is 0 Å². The molecule has 1 amide bonds. The van der Waals surface area contributed by atoms with Crippen molar-refractivity contribution in [3.8, 4) is 0 Å². The van der Waals surface area contributed by atoms with Crippen LogP contribution in [0.25, 0.3) is 0 Å². The summed E-state index contributed by atoms with van der Waals surface area (Å²) in [5.41, 5.74) is 0.861. The summed E-state index contributed by atoms with van der Waals surface area (Å²) >= 11 is 0. The van der Waals surface area contributed by atoms with Gasteiger partial charge in [0, 0.05) is 12.1 Å². The molecule has 0 aromatic heterocycles. The van der Waals surface area contributed by atoms with Crippen molar-refractivity contribution in [1.29, 1.82) is 0 Å². The van der Waals surface area contributed by atoms with E-state index in [4.69, 9.17) is 20.4 Å². The molecule has 0 fully saturated rings. The van der Waals surface area contributed by atoms with E-state index >= 15 is 0 Å². The number of hydrogen-bond donors (Lipinski definition) is 5. The highest BCUT2D eigenvalue weighted by Gasteiger charge is 2.29. The van der Waals surface area contributed by atoms with E-state index in [1.54, 1.807) is 0 Å². The van der Waals surface area contributed by atoms with Gasteiger partial charge in [0.1, 0.15) is 0 Å². The van der Waals surface area contributed by atoms with Crippen molar-refractivity contribution in [3.63, 3.8) is 0 Å². The molecule has 0 spiro atoms. The number of carboxylic acids is 2. The number of aliphatic hydroxyl groups excluding tert-OH is 2. The molecule has 0 saturated heterocycles. The number of carbonyl (C=O) groups excluding carboxylic acids is 1. The molecular weight excluding hydrogens is 282 g/mol. The standard InChI is InChI=1S/C9H11NO.C4H6O6/c1-2-9(11)10-8-6-4-3-5-7-8;5-1(3(7)8)2(6)4(9)10/h3-7H,2H2,1H3,(H,10,11);1-2,5-6H,(H,7,8)(H,9,10). The third-order valence-corrected chi connectivity index (χ3v) is 2.18. The zero-order chi connectivity index (χ0) is 16.4. The van der Waals surface area contributed by atoms with Gasteiger partial charge >= 0.3 is 11.9 Å². The van der Waals surface area contributed by atoms with Crippen LogP contribution in [-0.4, -0.2) is 50.5 Å². The zero-order valence-electron chi connectivity index (χ0n) is 11.3. The zero-order valence-corrected chi connectivity index (χ0v) is 11.3. The van der Waals surface area contributed by atoms with Gasteiger partial charge in [-0.2, -0.15) is 0 Å². The van der Waals surface area contributed by atoms with E-state index in [9.17, 15) is 14.4 Å². The molecule has 1 aromatic carbocycles. The van der Waals surface area contributed by atoms with Crippen molar-refractivity contribution in [2.75, 3.05) is 5.32 Å². The van der Waals surface area contributed by atoms with Gasteiger partial charge < -0.3 is 25.7 Å². The van der Waals surface area contributed by atoms with E-state index in [2.05, 4.69) is 5.32 Å². The van der Waals surface area contributed by atoms with Gasteiger partial charge in [-0.05, 0) is 12.1 Å². The first-order valence-electron chi connectivity index (χ1n) is 5.96. The first-order valence-corrected chi connectivity index (χ1v) is 5.96. The molecule has 0 aliphatic carbocycles. The number of benzene rings is 1. The molecule has 116 valence electrons. The topological polar surface area (TPSA) is 144 Å². The van der Waals surface area contributed by atoms with Crippen molar-refractivity contribution in [1.82, 2.24) is 0 Å². The van der Waals surface area contributed by atoms with Crippen molar-refractivity contribution in [3.05, 3.63) is 30.3 Å². The molecule has 8 nitrogen and oxygen atoms in total. The van der Waals surface area contributed by atoms with Crippen molar-refractivity contribution in [2.24, 2.45) is 0 Å². The lowest BCUT2D eigenvalue weighted by Gasteiger charge is -2.07. The van der Waals surface area contributed by atoms with E-state index < -0.39 is 24.1 Å². The third kappa shape index (κ3) is 7.65. The largest absolute Gasteiger partial charge is 0.479 e. The number of carbonyl (C=O) groups is 3. The average molecular weight is 299 g/mol. The Morgan fingerprint density at radius 3 is 1.76 bits per heavy atom. The fraction of sp³-hybridized carbons (Fsp3) is 0.308. The Hall–Kier alpha value is -2.45. The first-order chi connectivity index (χ1) is 9.79. The Kier molecular flexibility index (Phi) is 8.35. The lowest BCUT2D eigenvalue weighted by atomic mass is 10.2. The summed E-state index contributed by atoms with van der Waals surface area (Å²) in [6, 6.07) is 9.44. The fourth-order valence-corrected chi connectivity index (χ4v) is 1.04. The maximum Gasteiger partial charge on any atom is 0.335 e. The van der Waals surface area contributed by atoms with Gasteiger partial charge in [-0.15, -0.1) is 0 Å². The summed E-state index contributed by atoms with van der Waals surface area (Å²) < 4.78 is 0. The van der Waals surface area contributed by atoms with Crippen molar-refractivity contribution >= 4 is 23.5 Å². The summed E-state index contributed by atoms with van der Waals surface area (Å²) in [5.74, 6) is -3.49. The van der Waals surface area contributed by atoms with Gasteiger partial charge in [0.05, 0.1) is 0 Å². The Morgan fingerprint density at radius 2 is 1.43 bits per heavy atom. The van der Waals surface area contributed by atoms with E-state index in [0.717, 1.165) is 5.69 Å². The van der Waals surface area contributed by atoms with Gasteiger partial charge in [0.25, 0.3) is 0 Å². The van der Waals surface area contributed by atoms with Crippen LogP contribution in [0.2, 0.25) is 0 Å². The number of aliphatic hydroxyl groups is 2. The molecule has 0 radical (unpaired) electrons. The number of rotatable bonds is 5. The molecule has 21 heavy (non-hydrogen) atoms. The van der Waals surface area contributed by atoms with Crippen LogP contribution >= 0.6 is 0 Å². The van der Waals surface area contributed by atoms with Crippen LogP contribution in [0, 0.1) is 0 Å². The van der Waals surface area contributed by atoms with Gasteiger partial charge in [0.2, 0.25) is 5.91 Å². The monoisotopic (exact) mass is 299 g/mol. The number of para-hydroxylation sites is 1. The van der Waals surface area contributed by atoms with Crippen LogP contribution in [-0.2, 0) is 14.4 Å². The van der Waals surface area contributed by atoms with Gasteiger partial charge in [0.15, 0.2) is 12.2 Å². The number of nitrogens with one attached hydrogen (secondary N) is 1. The summed E-state index contributed by atoms with van der Waals surface area (Å²) in [4.78, 5) is 30.4. The van der Waals surface area contributed by atoms with E-state index in [1.807, 2.05) is 37.3 Å². The highest BCUT2D eigenvalue weighted by molar-refractivity contribution is 5.90.